The maximum Gasteiger partial charge on any atom is 0.258 e. The predicted octanol–water partition coefficient (Wildman–Crippen LogP) is 2.20. The number of aromatic amines is 1. The van der Waals surface area contributed by atoms with Gasteiger partial charge in [0.15, 0.2) is 0 Å². The third-order valence-corrected chi connectivity index (χ3v) is 3.28. The number of hydrogen-bond donors (Lipinski definition) is 2. The fourth-order valence-corrected chi connectivity index (χ4v) is 1.67. The lowest BCUT2D eigenvalue weighted by atomic mass is 10.0. The highest BCUT2D eigenvalue weighted by molar-refractivity contribution is 5.77. The van der Waals surface area contributed by atoms with E-state index in [0.717, 1.165) is 11.9 Å². The van der Waals surface area contributed by atoms with E-state index in [2.05, 4.69) is 36.1 Å². The van der Waals surface area contributed by atoms with Crippen LogP contribution in [0.4, 0.5) is 0 Å². The van der Waals surface area contributed by atoms with Gasteiger partial charge in [-0.25, -0.2) is 4.98 Å². The highest BCUT2D eigenvalue weighted by atomic mass is 16.1. The fraction of sp³-hybridized carbons (Fsp3) is 0.429. The van der Waals surface area contributed by atoms with Gasteiger partial charge >= 0.3 is 0 Å². The van der Waals surface area contributed by atoms with E-state index in [1.165, 1.54) is 0 Å². The summed E-state index contributed by atoms with van der Waals surface area (Å²) in [6, 6.07) is 7.38. The van der Waals surface area contributed by atoms with Crippen LogP contribution in [0.1, 0.15) is 33.0 Å². The van der Waals surface area contributed by atoms with Crippen molar-refractivity contribution in [2.45, 2.75) is 39.3 Å². The van der Waals surface area contributed by atoms with E-state index in [-0.39, 0.29) is 11.1 Å². The SMILES string of the molecule is CCC(C)(C)NCc1nc2ccccc2c(=O)[nH]1. The molecule has 0 unspecified atom stereocenters. The standard InChI is InChI=1S/C14H19N3O/c1-4-14(2,3)15-9-12-16-11-8-6-5-7-10(11)13(18)17-12/h5-8,15H,4,9H2,1-3H3,(H,16,17,18). The van der Waals surface area contributed by atoms with E-state index < -0.39 is 0 Å². The maximum atomic E-state index is 11.9. The monoisotopic (exact) mass is 245 g/mol. The van der Waals surface area contributed by atoms with E-state index in [1.807, 2.05) is 18.2 Å². The number of rotatable bonds is 4. The summed E-state index contributed by atoms with van der Waals surface area (Å²) in [5, 5.41) is 4.02. The lowest BCUT2D eigenvalue weighted by molar-refractivity contribution is 0.370. The smallest absolute Gasteiger partial charge is 0.258 e. The molecule has 0 atom stereocenters. The number of hydrogen-bond acceptors (Lipinski definition) is 3. The van der Waals surface area contributed by atoms with Crippen LogP contribution in [0.5, 0.6) is 0 Å². The summed E-state index contributed by atoms with van der Waals surface area (Å²) in [5.74, 6) is 0.681. The molecule has 1 aromatic heterocycles. The van der Waals surface area contributed by atoms with Crippen LogP contribution in [0.25, 0.3) is 10.9 Å². The molecule has 4 heteroatoms. The Morgan fingerprint density at radius 3 is 2.78 bits per heavy atom. The lowest BCUT2D eigenvalue weighted by Gasteiger charge is -2.24. The van der Waals surface area contributed by atoms with Crippen LogP contribution in [-0.4, -0.2) is 15.5 Å². The van der Waals surface area contributed by atoms with Crippen molar-refractivity contribution in [2.24, 2.45) is 0 Å². The van der Waals surface area contributed by atoms with Crippen LogP contribution in [-0.2, 0) is 6.54 Å². The van der Waals surface area contributed by atoms with Gasteiger partial charge in [0.05, 0.1) is 17.4 Å². The van der Waals surface area contributed by atoms with Gasteiger partial charge < -0.3 is 10.3 Å². The molecule has 0 aliphatic rings. The average Bonchev–Trinajstić information content (AvgIpc) is 2.37. The molecule has 0 aliphatic heterocycles. The van der Waals surface area contributed by atoms with Gasteiger partial charge in [-0.3, -0.25) is 4.79 Å². The first-order valence-electron chi connectivity index (χ1n) is 6.25. The van der Waals surface area contributed by atoms with Crippen molar-refractivity contribution in [3.8, 4) is 0 Å². The first kappa shape index (κ1) is 12.8. The summed E-state index contributed by atoms with van der Waals surface area (Å²) in [6.07, 6.45) is 1.02. The quantitative estimate of drug-likeness (QED) is 0.868. The van der Waals surface area contributed by atoms with Crippen LogP contribution < -0.4 is 10.9 Å². The van der Waals surface area contributed by atoms with E-state index in [4.69, 9.17) is 0 Å². The number of aromatic nitrogens is 2. The second-order valence-electron chi connectivity index (χ2n) is 5.12. The van der Waals surface area contributed by atoms with Crippen LogP contribution in [0, 0.1) is 0 Å². The number of nitrogens with zero attached hydrogens (tertiary/aromatic N) is 1. The summed E-state index contributed by atoms with van der Waals surface area (Å²) in [7, 11) is 0. The van der Waals surface area contributed by atoms with Crippen molar-refractivity contribution in [2.75, 3.05) is 0 Å². The molecule has 0 bridgehead atoms. The normalized spacial score (nSPS) is 11.9. The molecule has 1 heterocycles. The summed E-state index contributed by atoms with van der Waals surface area (Å²) >= 11 is 0. The molecule has 0 spiro atoms. The Kier molecular flexibility index (Phi) is 3.48. The molecule has 18 heavy (non-hydrogen) atoms. The first-order chi connectivity index (χ1) is 8.52. The van der Waals surface area contributed by atoms with Gasteiger partial charge in [-0.15, -0.1) is 0 Å². The molecule has 0 radical (unpaired) electrons. The number of nitrogens with one attached hydrogen (secondary N) is 2. The first-order valence-corrected chi connectivity index (χ1v) is 6.25. The van der Waals surface area contributed by atoms with Gasteiger partial charge in [0.2, 0.25) is 0 Å². The molecular weight excluding hydrogens is 226 g/mol. The molecule has 0 saturated heterocycles. The Labute approximate surface area is 106 Å². The Morgan fingerprint density at radius 2 is 2.06 bits per heavy atom. The Balaban J connectivity index is 2.28. The van der Waals surface area contributed by atoms with Crippen LogP contribution >= 0.6 is 0 Å². The van der Waals surface area contributed by atoms with E-state index in [9.17, 15) is 4.79 Å². The van der Waals surface area contributed by atoms with Crippen molar-refractivity contribution in [3.05, 3.63) is 40.4 Å². The summed E-state index contributed by atoms with van der Waals surface area (Å²) < 4.78 is 0. The number of H-pyrrole nitrogens is 1. The van der Waals surface area contributed by atoms with Crippen molar-refractivity contribution in [3.63, 3.8) is 0 Å². The van der Waals surface area contributed by atoms with Crippen LogP contribution in [0.15, 0.2) is 29.1 Å². The molecule has 2 rings (SSSR count). The van der Waals surface area contributed by atoms with E-state index in [1.54, 1.807) is 6.07 Å². The second-order valence-corrected chi connectivity index (χ2v) is 5.12. The van der Waals surface area contributed by atoms with Crippen molar-refractivity contribution >= 4 is 10.9 Å². The Morgan fingerprint density at radius 1 is 1.33 bits per heavy atom. The highest BCUT2D eigenvalue weighted by Crippen LogP contribution is 2.09. The van der Waals surface area contributed by atoms with Crippen LogP contribution in [0.3, 0.4) is 0 Å². The number of benzene rings is 1. The molecule has 2 aromatic rings. The summed E-state index contributed by atoms with van der Waals surface area (Å²) in [5.41, 5.74) is 0.712. The highest BCUT2D eigenvalue weighted by Gasteiger charge is 2.14. The molecule has 0 amide bonds. The van der Waals surface area contributed by atoms with Gasteiger partial charge in [0, 0.05) is 5.54 Å². The van der Waals surface area contributed by atoms with Gasteiger partial charge in [-0.05, 0) is 32.4 Å². The third-order valence-electron chi connectivity index (χ3n) is 3.28. The van der Waals surface area contributed by atoms with E-state index in [0.29, 0.717) is 17.8 Å². The molecular formula is C14H19N3O. The number of fused-ring (bicyclic) bond motifs is 1. The topological polar surface area (TPSA) is 57.8 Å². The van der Waals surface area contributed by atoms with Crippen molar-refractivity contribution in [1.82, 2.24) is 15.3 Å². The van der Waals surface area contributed by atoms with Crippen LogP contribution in [0.2, 0.25) is 0 Å². The summed E-state index contributed by atoms with van der Waals surface area (Å²) in [6.45, 7) is 6.96. The third kappa shape index (κ3) is 2.76. The molecule has 1 aromatic carbocycles. The van der Waals surface area contributed by atoms with Crippen molar-refractivity contribution < 1.29 is 0 Å². The summed E-state index contributed by atoms with van der Waals surface area (Å²) in [4.78, 5) is 19.1. The van der Waals surface area contributed by atoms with Gasteiger partial charge in [-0.1, -0.05) is 19.1 Å². The average molecular weight is 245 g/mol. The minimum Gasteiger partial charge on any atom is -0.309 e. The Hall–Kier alpha value is -1.68. The molecule has 0 aliphatic carbocycles. The molecule has 0 saturated carbocycles. The minimum atomic E-state index is -0.0771. The molecule has 0 fully saturated rings. The van der Waals surface area contributed by atoms with Gasteiger partial charge in [0.1, 0.15) is 5.82 Å². The van der Waals surface area contributed by atoms with Gasteiger partial charge in [0.25, 0.3) is 5.56 Å². The van der Waals surface area contributed by atoms with E-state index >= 15 is 0 Å². The largest absolute Gasteiger partial charge is 0.309 e. The lowest BCUT2D eigenvalue weighted by Crippen LogP contribution is -2.38. The zero-order valence-corrected chi connectivity index (χ0v) is 11.1. The molecule has 96 valence electrons. The second kappa shape index (κ2) is 4.90. The Bertz CT molecular complexity index is 601. The van der Waals surface area contributed by atoms with Crippen molar-refractivity contribution in [1.29, 1.82) is 0 Å². The predicted molar refractivity (Wildman–Crippen MR) is 73.6 cm³/mol. The zero-order valence-electron chi connectivity index (χ0n) is 11.1. The number of para-hydroxylation sites is 1. The maximum absolute atomic E-state index is 11.9. The molecule has 4 nitrogen and oxygen atoms in total. The minimum absolute atomic E-state index is 0.0458. The zero-order chi connectivity index (χ0) is 13.2. The molecule has 2 N–H and O–H groups in total. The fourth-order valence-electron chi connectivity index (χ4n) is 1.67. The van der Waals surface area contributed by atoms with Gasteiger partial charge in [-0.2, -0.15) is 0 Å².